The third-order valence-electron chi connectivity index (χ3n) is 1.59. The zero-order valence-electron chi connectivity index (χ0n) is 5.93. The van der Waals surface area contributed by atoms with Gasteiger partial charge in [0.1, 0.15) is 5.52 Å². The molecule has 0 aromatic carbocycles. The van der Waals surface area contributed by atoms with E-state index in [0.29, 0.717) is 0 Å². The van der Waals surface area contributed by atoms with Crippen LogP contribution < -0.4 is 0 Å². The van der Waals surface area contributed by atoms with E-state index in [1.807, 2.05) is 13.1 Å². The number of aromatic amines is 1. The van der Waals surface area contributed by atoms with Crippen LogP contribution in [0.4, 0.5) is 0 Å². The number of imidazole rings is 1. The maximum Gasteiger partial charge on any atom is 0.111 e. The van der Waals surface area contributed by atoms with Crippen molar-refractivity contribution in [2.24, 2.45) is 0 Å². The molecule has 0 radical (unpaired) electrons. The van der Waals surface area contributed by atoms with Crippen molar-refractivity contribution in [1.82, 2.24) is 15.0 Å². The number of nitrogens with one attached hydrogen (secondary N) is 1. The Labute approximate surface area is 77.4 Å². The lowest BCUT2D eigenvalue weighted by Crippen LogP contribution is -1.85. The second kappa shape index (κ2) is 2.44. The third-order valence-corrected chi connectivity index (χ3v) is 2.41. The second-order valence-electron chi connectivity index (χ2n) is 2.32. The highest BCUT2D eigenvalue weighted by Gasteiger charge is 2.03. The summed E-state index contributed by atoms with van der Waals surface area (Å²) in [5, 5.41) is 0. The molecule has 0 amide bonds. The molecule has 0 bridgehead atoms. The highest BCUT2D eigenvalue weighted by atomic mass is 127. The van der Waals surface area contributed by atoms with Crippen LogP contribution in [0.5, 0.6) is 0 Å². The molecule has 0 aliphatic rings. The fourth-order valence-electron chi connectivity index (χ4n) is 1.03. The molecule has 2 aromatic rings. The van der Waals surface area contributed by atoms with Crippen LogP contribution >= 0.6 is 22.6 Å². The normalized spacial score (nSPS) is 10.7. The number of nitrogens with zero attached hydrogens (tertiary/aromatic N) is 2. The number of H-pyrrole nitrogens is 1. The van der Waals surface area contributed by atoms with Gasteiger partial charge in [-0.25, -0.2) is 4.98 Å². The maximum atomic E-state index is 4.19. The van der Waals surface area contributed by atoms with Gasteiger partial charge in [-0.15, -0.1) is 0 Å². The first-order chi connectivity index (χ1) is 5.29. The summed E-state index contributed by atoms with van der Waals surface area (Å²) in [5.74, 6) is 0. The summed E-state index contributed by atoms with van der Waals surface area (Å²) < 4.78 is 1.11. The first kappa shape index (κ1) is 7.02. The largest absolute Gasteiger partial charge is 0.344 e. The molecule has 2 rings (SSSR count). The van der Waals surface area contributed by atoms with Crippen LogP contribution in [-0.2, 0) is 0 Å². The number of fused-ring (bicyclic) bond motifs is 1. The molecular weight excluding hydrogens is 253 g/mol. The van der Waals surface area contributed by atoms with Crippen LogP contribution in [0.2, 0.25) is 0 Å². The molecule has 0 aliphatic carbocycles. The highest BCUT2D eigenvalue weighted by molar-refractivity contribution is 14.1. The van der Waals surface area contributed by atoms with Crippen molar-refractivity contribution < 1.29 is 0 Å². The molecule has 0 saturated carbocycles. The van der Waals surface area contributed by atoms with Crippen molar-refractivity contribution in [1.29, 1.82) is 0 Å². The molecular formula is C7H6IN3. The summed E-state index contributed by atoms with van der Waals surface area (Å²) >= 11 is 2.24. The zero-order chi connectivity index (χ0) is 7.84. The molecule has 2 heterocycles. The van der Waals surface area contributed by atoms with E-state index in [1.165, 1.54) is 0 Å². The van der Waals surface area contributed by atoms with Crippen molar-refractivity contribution in [3.63, 3.8) is 0 Å². The lowest BCUT2D eigenvalue weighted by atomic mass is 10.3. The lowest BCUT2D eigenvalue weighted by molar-refractivity contribution is 1.21. The number of hydrogen-bond acceptors (Lipinski definition) is 2. The molecule has 3 nitrogen and oxygen atoms in total. The van der Waals surface area contributed by atoms with E-state index < -0.39 is 0 Å². The topological polar surface area (TPSA) is 41.6 Å². The molecule has 0 spiro atoms. The van der Waals surface area contributed by atoms with E-state index in [9.17, 15) is 0 Å². The van der Waals surface area contributed by atoms with Crippen molar-refractivity contribution in [3.05, 3.63) is 21.8 Å². The fourth-order valence-corrected chi connectivity index (χ4v) is 1.58. The average Bonchev–Trinajstić information content (AvgIpc) is 2.45. The Bertz CT molecular complexity index is 357. The van der Waals surface area contributed by atoms with Gasteiger partial charge < -0.3 is 4.98 Å². The third kappa shape index (κ3) is 1.01. The fraction of sp³-hybridized carbons (Fsp3) is 0.143. The van der Waals surface area contributed by atoms with Gasteiger partial charge in [-0.05, 0) is 29.5 Å². The van der Waals surface area contributed by atoms with E-state index in [0.717, 1.165) is 20.3 Å². The maximum absolute atomic E-state index is 4.19. The molecule has 0 unspecified atom stereocenters. The molecule has 11 heavy (non-hydrogen) atoms. The Balaban J connectivity index is 2.96. The Morgan fingerprint density at radius 3 is 3.00 bits per heavy atom. The summed E-state index contributed by atoms with van der Waals surface area (Å²) in [4.78, 5) is 11.4. The smallest absolute Gasteiger partial charge is 0.111 e. The summed E-state index contributed by atoms with van der Waals surface area (Å²) in [6.45, 7) is 1.96. The van der Waals surface area contributed by atoms with Crippen LogP contribution in [-0.4, -0.2) is 15.0 Å². The van der Waals surface area contributed by atoms with Gasteiger partial charge in [0, 0.05) is 6.20 Å². The number of hydrogen-bond donors (Lipinski definition) is 1. The highest BCUT2D eigenvalue weighted by Crippen LogP contribution is 2.17. The van der Waals surface area contributed by atoms with E-state index >= 15 is 0 Å². The van der Waals surface area contributed by atoms with E-state index in [2.05, 4.69) is 37.5 Å². The van der Waals surface area contributed by atoms with E-state index in [4.69, 9.17) is 0 Å². The molecule has 2 aromatic heterocycles. The molecule has 0 atom stereocenters. The molecule has 56 valence electrons. The summed E-state index contributed by atoms with van der Waals surface area (Å²) in [7, 11) is 0. The molecule has 0 fully saturated rings. The van der Waals surface area contributed by atoms with Gasteiger partial charge in [0.15, 0.2) is 0 Å². The van der Waals surface area contributed by atoms with Gasteiger partial charge >= 0.3 is 0 Å². The quantitative estimate of drug-likeness (QED) is 0.734. The van der Waals surface area contributed by atoms with Gasteiger partial charge in [0.05, 0.1) is 21.1 Å². The number of pyridine rings is 1. The van der Waals surface area contributed by atoms with Crippen LogP contribution in [0.3, 0.4) is 0 Å². The van der Waals surface area contributed by atoms with Crippen molar-refractivity contribution in [2.45, 2.75) is 6.92 Å². The van der Waals surface area contributed by atoms with Crippen LogP contribution in [0, 0.1) is 10.5 Å². The molecule has 4 heteroatoms. The van der Waals surface area contributed by atoms with Crippen LogP contribution in [0.1, 0.15) is 5.69 Å². The van der Waals surface area contributed by atoms with Crippen LogP contribution in [0.25, 0.3) is 11.0 Å². The van der Waals surface area contributed by atoms with Gasteiger partial charge in [-0.2, -0.15) is 0 Å². The first-order valence-corrected chi connectivity index (χ1v) is 4.31. The lowest BCUT2D eigenvalue weighted by Gasteiger charge is -1.94. The molecule has 0 saturated heterocycles. The summed E-state index contributed by atoms with van der Waals surface area (Å²) in [5.41, 5.74) is 3.02. The Kier molecular flexibility index (Phi) is 1.56. The minimum atomic E-state index is 0.969. The molecule has 1 N–H and O–H groups in total. The average molecular weight is 259 g/mol. The predicted octanol–water partition coefficient (Wildman–Crippen LogP) is 1.87. The number of halogens is 1. The standard InChI is InChI=1S/C7H6IN3/c1-4-6-7(11-3-10-6)5(8)2-9-4/h2-3H,1H3,(H,10,11). The predicted molar refractivity (Wildman–Crippen MR) is 51.3 cm³/mol. The molecule has 0 aliphatic heterocycles. The Morgan fingerprint density at radius 2 is 2.27 bits per heavy atom. The van der Waals surface area contributed by atoms with Crippen molar-refractivity contribution in [2.75, 3.05) is 0 Å². The first-order valence-electron chi connectivity index (χ1n) is 3.23. The monoisotopic (exact) mass is 259 g/mol. The number of aryl methyl sites for hydroxylation is 1. The Hall–Kier alpha value is -0.650. The second-order valence-corrected chi connectivity index (χ2v) is 3.48. The van der Waals surface area contributed by atoms with Gasteiger partial charge in [0.25, 0.3) is 0 Å². The minimum absolute atomic E-state index is 0.969. The Morgan fingerprint density at radius 1 is 1.45 bits per heavy atom. The SMILES string of the molecule is Cc1ncc(I)c2[nH]cnc12. The summed E-state index contributed by atoms with van der Waals surface area (Å²) in [6, 6.07) is 0. The minimum Gasteiger partial charge on any atom is -0.344 e. The van der Waals surface area contributed by atoms with E-state index in [-0.39, 0.29) is 0 Å². The van der Waals surface area contributed by atoms with Gasteiger partial charge in [-0.1, -0.05) is 0 Å². The number of rotatable bonds is 0. The van der Waals surface area contributed by atoms with Crippen molar-refractivity contribution in [3.8, 4) is 0 Å². The van der Waals surface area contributed by atoms with Gasteiger partial charge in [0.2, 0.25) is 0 Å². The number of aromatic nitrogens is 3. The van der Waals surface area contributed by atoms with Gasteiger partial charge in [-0.3, -0.25) is 4.98 Å². The van der Waals surface area contributed by atoms with Crippen LogP contribution in [0.15, 0.2) is 12.5 Å². The van der Waals surface area contributed by atoms with E-state index in [1.54, 1.807) is 6.33 Å². The zero-order valence-corrected chi connectivity index (χ0v) is 8.08. The van der Waals surface area contributed by atoms with Crippen molar-refractivity contribution >= 4 is 33.6 Å². The summed E-state index contributed by atoms with van der Waals surface area (Å²) in [6.07, 6.45) is 3.54.